The van der Waals surface area contributed by atoms with E-state index in [1.165, 1.54) is 31.3 Å². The minimum absolute atomic E-state index is 0.581. The van der Waals surface area contributed by atoms with Crippen LogP contribution in [-0.4, -0.2) is 0 Å². The molecule has 1 aromatic heterocycles. The summed E-state index contributed by atoms with van der Waals surface area (Å²) in [6, 6.07) is 13.5. The zero-order valence-corrected chi connectivity index (χ0v) is 11.3. The van der Waals surface area contributed by atoms with E-state index in [1.54, 1.807) is 0 Å². The normalized spacial score (nSPS) is 11.8. The van der Waals surface area contributed by atoms with Crippen LogP contribution < -0.4 is 0 Å². The number of rotatable bonds is 1. The fourth-order valence-electron chi connectivity index (χ4n) is 2.45. The molecule has 3 aromatic rings. The Kier molecular flexibility index (Phi) is 2.44. The zero-order chi connectivity index (χ0) is 12.0. The Hall–Kier alpha value is -1.34. The Balaban J connectivity index is 2.51. The molecule has 0 aliphatic carbocycles. The molecule has 0 unspecified atom stereocenters. The first-order chi connectivity index (χ1) is 8.16. The predicted octanol–water partition coefficient (Wildman–Crippen LogP) is 5.49. The lowest BCUT2D eigenvalue weighted by molar-refractivity contribution is 0.877. The molecule has 0 atom stereocenters. The first-order valence-corrected chi connectivity index (χ1v) is 6.90. The van der Waals surface area contributed by atoms with E-state index < -0.39 is 0 Å². The Morgan fingerprint density at radius 2 is 1.82 bits per heavy atom. The molecule has 3 rings (SSSR count). The van der Waals surface area contributed by atoms with Gasteiger partial charge in [-0.15, -0.1) is 11.3 Å². The highest BCUT2D eigenvalue weighted by atomic mass is 32.1. The molecular formula is C16H16S. The fourth-order valence-corrected chi connectivity index (χ4v) is 3.57. The van der Waals surface area contributed by atoms with E-state index >= 15 is 0 Å². The van der Waals surface area contributed by atoms with Crippen molar-refractivity contribution in [2.24, 2.45) is 0 Å². The summed E-state index contributed by atoms with van der Waals surface area (Å²) >= 11 is 1.90. The molecule has 0 fully saturated rings. The van der Waals surface area contributed by atoms with Crippen LogP contribution >= 0.6 is 11.3 Å². The van der Waals surface area contributed by atoms with Gasteiger partial charge in [0, 0.05) is 20.2 Å². The van der Waals surface area contributed by atoms with Gasteiger partial charge in [-0.3, -0.25) is 0 Å². The third kappa shape index (κ3) is 1.66. The molecule has 0 N–H and O–H groups in total. The van der Waals surface area contributed by atoms with Crippen molar-refractivity contribution in [2.45, 2.75) is 26.7 Å². The average Bonchev–Trinajstić information content (AvgIpc) is 2.66. The standard InChI is InChI=1S/C16H16S/c1-10(2)12-5-4-6-15-16(12)13-9-11(3)7-8-14(13)17-15/h4-10H,1-3H3. The molecule has 1 heterocycles. The van der Waals surface area contributed by atoms with Crippen molar-refractivity contribution in [1.82, 2.24) is 0 Å². The van der Waals surface area contributed by atoms with E-state index in [1.807, 2.05) is 11.3 Å². The number of benzene rings is 2. The second-order valence-electron chi connectivity index (χ2n) is 4.98. The van der Waals surface area contributed by atoms with Gasteiger partial charge in [-0.1, -0.05) is 37.6 Å². The second-order valence-corrected chi connectivity index (χ2v) is 6.06. The molecule has 0 nitrogen and oxygen atoms in total. The van der Waals surface area contributed by atoms with Crippen LogP contribution in [0, 0.1) is 6.92 Å². The maximum atomic E-state index is 2.32. The van der Waals surface area contributed by atoms with Crippen LogP contribution in [0.5, 0.6) is 0 Å². The molecule has 0 bridgehead atoms. The smallest absolute Gasteiger partial charge is 0.0358 e. The van der Waals surface area contributed by atoms with E-state index in [4.69, 9.17) is 0 Å². The quantitative estimate of drug-likeness (QED) is 0.528. The van der Waals surface area contributed by atoms with E-state index in [0.717, 1.165) is 0 Å². The van der Waals surface area contributed by atoms with E-state index in [9.17, 15) is 0 Å². The summed E-state index contributed by atoms with van der Waals surface area (Å²) in [6.45, 7) is 6.71. The van der Waals surface area contributed by atoms with Crippen LogP contribution in [0.25, 0.3) is 20.2 Å². The SMILES string of the molecule is Cc1ccc2sc3cccc(C(C)C)c3c2c1. The van der Waals surface area contributed by atoms with Crippen molar-refractivity contribution >= 4 is 31.5 Å². The lowest BCUT2D eigenvalue weighted by Crippen LogP contribution is -1.87. The van der Waals surface area contributed by atoms with Crippen LogP contribution in [0.2, 0.25) is 0 Å². The van der Waals surface area contributed by atoms with Crippen LogP contribution in [0.15, 0.2) is 36.4 Å². The van der Waals surface area contributed by atoms with Crippen molar-refractivity contribution in [3.05, 3.63) is 47.5 Å². The van der Waals surface area contributed by atoms with E-state index in [2.05, 4.69) is 57.2 Å². The van der Waals surface area contributed by atoms with Gasteiger partial charge in [0.25, 0.3) is 0 Å². The van der Waals surface area contributed by atoms with Crippen LogP contribution in [-0.2, 0) is 0 Å². The van der Waals surface area contributed by atoms with Gasteiger partial charge in [0.05, 0.1) is 0 Å². The third-order valence-corrected chi connectivity index (χ3v) is 4.44. The summed E-state index contributed by atoms with van der Waals surface area (Å²) in [5.74, 6) is 0.581. The highest BCUT2D eigenvalue weighted by Crippen LogP contribution is 2.38. The fraction of sp³-hybridized carbons (Fsp3) is 0.250. The zero-order valence-electron chi connectivity index (χ0n) is 10.4. The summed E-state index contributed by atoms with van der Waals surface area (Å²) in [5, 5.41) is 2.89. The van der Waals surface area contributed by atoms with E-state index in [0.29, 0.717) is 5.92 Å². The summed E-state index contributed by atoms with van der Waals surface area (Å²) in [5.41, 5.74) is 2.81. The van der Waals surface area contributed by atoms with Crippen molar-refractivity contribution < 1.29 is 0 Å². The van der Waals surface area contributed by atoms with Crippen molar-refractivity contribution in [2.75, 3.05) is 0 Å². The minimum Gasteiger partial charge on any atom is -0.135 e. The Labute approximate surface area is 106 Å². The van der Waals surface area contributed by atoms with E-state index in [-0.39, 0.29) is 0 Å². The Morgan fingerprint density at radius 3 is 2.59 bits per heavy atom. The number of aryl methyl sites for hydroxylation is 1. The Morgan fingerprint density at radius 1 is 1.00 bits per heavy atom. The molecule has 0 radical (unpaired) electrons. The van der Waals surface area contributed by atoms with Gasteiger partial charge in [-0.2, -0.15) is 0 Å². The van der Waals surface area contributed by atoms with Gasteiger partial charge in [0.15, 0.2) is 0 Å². The molecule has 0 spiro atoms. The summed E-state index contributed by atoms with van der Waals surface area (Å²) in [4.78, 5) is 0. The minimum atomic E-state index is 0.581. The molecular weight excluding hydrogens is 224 g/mol. The molecule has 0 saturated carbocycles. The first-order valence-electron chi connectivity index (χ1n) is 6.08. The average molecular weight is 240 g/mol. The molecule has 1 heteroatoms. The monoisotopic (exact) mass is 240 g/mol. The largest absolute Gasteiger partial charge is 0.135 e. The second kappa shape index (κ2) is 3.85. The predicted molar refractivity (Wildman–Crippen MR) is 78.2 cm³/mol. The van der Waals surface area contributed by atoms with Crippen molar-refractivity contribution in [3.8, 4) is 0 Å². The van der Waals surface area contributed by atoms with Gasteiger partial charge in [0.2, 0.25) is 0 Å². The summed E-state index contributed by atoms with van der Waals surface area (Å²) in [7, 11) is 0. The number of fused-ring (bicyclic) bond motifs is 3. The Bertz CT molecular complexity index is 689. The third-order valence-electron chi connectivity index (χ3n) is 3.30. The lowest BCUT2D eigenvalue weighted by atomic mass is 9.97. The van der Waals surface area contributed by atoms with Crippen molar-refractivity contribution in [1.29, 1.82) is 0 Å². The first kappa shape index (κ1) is 10.8. The topological polar surface area (TPSA) is 0 Å². The molecule has 2 aromatic carbocycles. The van der Waals surface area contributed by atoms with Crippen LogP contribution in [0.4, 0.5) is 0 Å². The molecule has 0 aliphatic rings. The van der Waals surface area contributed by atoms with Gasteiger partial charge < -0.3 is 0 Å². The number of thiophene rings is 1. The highest BCUT2D eigenvalue weighted by Gasteiger charge is 2.11. The van der Waals surface area contributed by atoms with Gasteiger partial charge in [0.1, 0.15) is 0 Å². The van der Waals surface area contributed by atoms with Gasteiger partial charge in [-0.05, 0) is 36.6 Å². The molecule has 17 heavy (non-hydrogen) atoms. The van der Waals surface area contributed by atoms with Crippen LogP contribution in [0.3, 0.4) is 0 Å². The highest BCUT2D eigenvalue weighted by molar-refractivity contribution is 7.25. The lowest BCUT2D eigenvalue weighted by Gasteiger charge is -2.07. The van der Waals surface area contributed by atoms with Crippen LogP contribution in [0.1, 0.15) is 30.9 Å². The molecule has 0 saturated heterocycles. The summed E-state index contributed by atoms with van der Waals surface area (Å²) in [6.07, 6.45) is 0. The van der Waals surface area contributed by atoms with Crippen molar-refractivity contribution in [3.63, 3.8) is 0 Å². The molecule has 0 aliphatic heterocycles. The van der Waals surface area contributed by atoms with Gasteiger partial charge >= 0.3 is 0 Å². The number of hydrogen-bond acceptors (Lipinski definition) is 1. The maximum Gasteiger partial charge on any atom is 0.0358 e. The molecule has 86 valence electrons. The number of hydrogen-bond donors (Lipinski definition) is 0. The van der Waals surface area contributed by atoms with Gasteiger partial charge in [-0.25, -0.2) is 0 Å². The molecule has 0 amide bonds. The maximum absolute atomic E-state index is 2.32. The summed E-state index contributed by atoms with van der Waals surface area (Å²) < 4.78 is 2.82.